The Morgan fingerprint density at radius 3 is 2.79 bits per heavy atom. The fraction of sp³-hybridized carbons (Fsp3) is 0.533. The van der Waals surface area contributed by atoms with E-state index in [9.17, 15) is 15.0 Å². The van der Waals surface area contributed by atoms with Gasteiger partial charge in [0.05, 0.1) is 6.04 Å². The van der Waals surface area contributed by atoms with Crippen molar-refractivity contribution in [3.63, 3.8) is 0 Å². The summed E-state index contributed by atoms with van der Waals surface area (Å²) in [5.41, 5.74) is 0.723. The van der Waals surface area contributed by atoms with Gasteiger partial charge in [-0.2, -0.15) is 0 Å². The summed E-state index contributed by atoms with van der Waals surface area (Å²) < 4.78 is 0. The molecule has 3 rings (SSSR count). The van der Waals surface area contributed by atoms with Crippen molar-refractivity contribution in [2.24, 2.45) is 0 Å². The highest BCUT2D eigenvalue weighted by Crippen LogP contribution is 2.37. The fourth-order valence-electron chi connectivity index (χ4n) is 3.26. The summed E-state index contributed by atoms with van der Waals surface area (Å²) in [4.78, 5) is 12.2. The molecule has 4 heteroatoms. The predicted octanol–water partition coefficient (Wildman–Crippen LogP) is 1.80. The molecule has 1 saturated carbocycles. The van der Waals surface area contributed by atoms with Gasteiger partial charge in [0.1, 0.15) is 11.4 Å². The minimum atomic E-state index is -1.18. The predicted molar refractivity (Wildman–Crippen MR) is 70.7 cm³/mol. The Kier molecular flexibility index (Phi) is 2.97. The number of phenolic OH excluding ortho intramolecular Hbond substituents is 1. The van der Waals surface area contributed by atoms with Crippen LogP contribution in [0.15, 0.2) is 18.2 Å². The minimum Gasteiger partial charge on any atom is -0.508 e. The lowest BCUT2D eigenvalue weighted by Gasteiger charge is -2.24. The average molecular weight is 261 g/mol. The van der Waals surface area contributed by atoms with Gasteiger partial charge in [-0.25, -0.2) is 0 Å². The molecule has 2 aliphatic carbocycles. The van der Waals surface area contributed by atoms with Crippen LogP contribution in [0.1, 0.15) is 49.3 Å². The van der Waals surface area contributed by atoms with Gasteiger partial charge in [-0.3, -0.25) is 4.79 Å². The van der Waals surface area contributed by atoms with Crippen molar-refractivity contribution < 1.29 is 15.0 Å². The summed E-state index contributed by atoms with van der Waals surface area (Å²) >= 11 is 0. The van der Waals surface area contributed by atoms with Gasteiger partial charge in [-0.05, 0) is 55.7 Å². The van der Waals surface area contributed by atoms with E-state index in [0.29, 0.717) is 18.6 Å². The second-order valence-electron chi connectivity index (χ2n) is 5.65. The third-order valence-electron chi connectivity index (χ3n) is 4.40. The van der Waals surface area contributed by atoms with Crippen LogP contribution in [0, 0.1) is 0 Å². The molecule has 3 N–H and O–H groups in total. The van der Waals surface area contributed by atoms with Crippen molar-refractivity contribution in [3.05, 3.63) is 29.3 Å². The average Bonchev–Trinajstić information content (AvgIpc) is 2.99. The number of benzene rings is 1. The lowest BCUT2D eigenvalue weighted by Crippen LogP contribution is -2.45. The largest absolute Gasteiger partial charge is 0.508 e. The van der Waals surface area contributed by atoms with E-state index in [1.807, 2.05) is 6.07 Å². The van der Waals surface area contributed by atoms with Gasteiger partial charge < -0.3 is 15.5 Å². The fourth-order valence-corrected chi connectivity index (χ4v) is 3.26. The molecule has 4 nitrogen and oxygen atoms in total. The first-order valence-electron chi connectivity index (χ1n) is 6.94. The maximum absolute atomic E-state index is 12.2. The van der Waals surface area contributed by atoms with Crippen LogP contribution in [0.2, 0.25) is 0 Å². The second kappa shape index (κ2) is 4.53. The number of hydrogen-bond donors (Lipinski definition) is 3. The first kappa shape index (κ1) is 12.5. The molecule has 0 radical (unpaired) electrons. The van der Waals surface area contributed by atoms with Gasteiger partial charge in [-0.1, -0.05) is 12.1 Å². The van der Waals surface area contributed by atoms with E-state index in [0.717, 1.165) is 36.8 Å². The standard InChI is InChI=1S/C15H19NO3/c17-13-5-3-4-10-11(13)6-7-12(10)16-14(18)15(19)8-1-2-9-15/h3-5,12,17,19H,1-2,6-9H2,(H,16,18). The summed E-state index contributed by atoms with van der Waals surface area (Å²) in [6, 6.07) is 5.32. The monoisotopic (exact) mass is 261 g/mol. The van der Waals surface area contributed by atoms with Crippen LogP contribution in [-0.2, 0) is 11.2 Å². The molecule has 1 aromatic carbocycles. The molecule has 0 aromatic heterocycles. The number of carbonyl (C=O) groups excluding carboxylic acids is 1. The van der Waals surface area contributed by atoms with Crippen LogP contribution in [-0.4, -0.2) is 21.7 Å². The Morgan fingerprint density at radius 1 is 1.32 bits per heavy atom. The Hall–Kier alpha value is -1.55. The number of hydrogen-bond acceptors (Lipinski definition) is 3. The van der Waals surface area contributed by atoms with Crippen molar-refractivity contribution >= 4 is 5.91 Å². The van der Waals surface area contributed by atoms with Crippen LogP contribution < -0.4 is 5.32 Å². The Labute approximate surface area is 112 Å². The molecule has 102 valence electrons. The number of phenols is 1. The van der Waals surface area contributed by atoms with Crippen molar-refractivity contribution in [2.45, 2.75) is 50.2 Å². The van der Waals surface area contributed by atoms with Crippen LogP contribution in [0.3, 0.4) is 0 Å². The first-order chi connectivity index (χ1) is 9.10. The van der Waals surface area contributed by atoms with E-state index >= 15 is 0 Å². The van der Waals surface area contributed by atoms with E-state index in [-0.39, 0.29) is 11.9 Å². The van der Waals surface area contributed by atoms with Crippen molar-refractivity contribution in [1.29, 1.82) is 0 Å². The summed E-state index contributed by atoms with van der Waals surface area (Å²) in [6.45, 7) is 0. The zero-order valence-corrected chi connectivity index (χ0v) is 10.9. The quantitative estimate of drug-likeness (QED) is 0.760. The number of aliphatic hydroxyl groups is 1. The van der Waals surface area contributed by atoms with Crippen LogP contribution in [0.5, 0.6) is 5.75 Å². The van der Waals surface area contributed by atoms with E-state index in [4.69, 9.17) is 0 Å². The molecule has 1 aromatic rings. The van der Waals surface area contributed by atoms with Gasteiger partial charge in [0.15, 0.2) is 0 Å². The highest BCUT2D eigenvalue weighted by molar-refractivity contribution is 5.85. The SMILES string of the molecule is O=C(NC1CCc2c(O)cccc21)C1(O)CCCC1. The van der Waals surface area contributed by atoms with Gasteiger partial charge in [-0.15, -0.1) is 0 Å². The van der Waals surface area contributed by atoms with Gasteiger partial charge >= 0.3 is 0 Å². The second-order valence-corrected chi connectivity index (χ2v) is 5.65. The Bertz CT molecular complexity index is 506. The lowest BCUT2D eigenvalue weighted by molar-refractivity contribution is -0.140. The van der Waals surface area contributed by atoms with E-state index in [1.165, 1.54) is 0 Å². The third kappa shape index (κ3) is 2.10. The Balaban J connectivity index is 1.76. The molecular formula is C15H19NO3. The van der Waals surface area contributed by atoms with Gasteiger partial charge in [0.2, 0.25) is 0 Å². The summed E-state index contributed by atoms with van der Waals surface area (Å²) in [5.74, 6) is 0.0417. The number of amides is 1. The Morgan fingerprint density at radius 2 is 2.05 bits per heavy atom. The molecule has 1 amide bonds. The number of nitrogens with one attached hydrogen (secondary N) is 1. The molecule has 1 unspecified atom stereocenters. The van der Waals surface area contributed by atoms with Gasteiger partial charge in [0.25, 0.3) is 5.91 Å². The maximum atomic E-state index is 12.2. The van der Waals surface area contributed by atoms with Crippen LogP contribution >= 0.6 is 0 Å². The van der Waals surface area contributed by atoms with Crippen LogP contribution in [0.4, 0.5) is 0 Å². The molecule has 0 saturated heterocycles. The number of carbonyl (C=O) groups is 1. The molecule has 0 aliphatic heterocycles. The number of aromatic hydroxyl groups is 1. The van der Waals surface area contributed by atoms with Crippen molar-refractivity contribution in [3.8, 4) is 5.75 Å². The molecule has 0 bridgehead atoms. The molecule has 1 atom stereocenters. The smallest absolute Gasteiger partial charge is 0.252 e. The highest BCUT2D eigenvalue weighted by atomic mass is 16.3. The van der Waals surface area contributed by atoms with E-state index in [1.54, 1.807) is 12.1 Å². The zero-order chi connectivity index (χ0) is 13.5. The number of fused-ring (bicyclic) bond motifs is 1. The first-order valence-corrected chi connectivity index (χ1v) is 6.94. The van der Waals surface area contributed by atoms with Gasteiger partial charge in [0, 0.05) is 0 Å². The van der Waals surface area contributed by atoms with E-state index in [2.05, 4.69) is 5.32 Å². The van der Waals surface area contributed by atoms with Crippen molar-refractivity contribution in [1.82, 2.24) is 5.32 Å². The molecule has 1 fully saturated rings. The molecular weight excluding hydrogens is 242 g/mol. The van der Waals surface area contributed by atoms with E-state index < -0.39 is 5.60 Å². The lowest BCUT2D eigenvalue weighted by atomic mass is 10.00. The maximum Gasteiger partial charge on any atom is 0.252 e. The minimum absolute atomic E-state index is 0.0841. The summed E-state index contributed by atoms with van der Waals surface area (Å²) in [6.07, 6.45) is 4.48. The molecule has 0 spiro atoms. The summed E-state index contributed by atoms with van der Waals surface area (Å²) in [7, 11) is 0. The summed E-state index contributed by atoms with van der Waals surface area (Å²) in [5, 5.41) is 23.0. The van der Waals surface area contributed by atoms with Crippen molar-refractivity contribution in [2.75, 3.05) is 0 Å². The zero-order valence-electron chi connectivity index (χ0n) is 10.9. The number of rotatable bonds is 2. The van der Waals surface area contributed by atoms with Crippen LogP contribution in [0.25, 0.3) is 0 Å². The normalized spacial score (nSPS) is 24.2. The molecule has 0 heterocycles. The molecule has 2 aliphatic rings. The third-order valence-corrected chi connectivity index (χ3v) is 4.40. The topological polar surface area (TPSA) is 69.6 Å². The molecule has 19 heavy (non-hydrogen) atoms. The highest BCUT2D eigenvalue weighted by Gasteiger charge is 2.40.